The molecular formula is C15H19N5O. The summed E-state index contributed by atoms with van der Waals surface area (Å²) in [6, 6.07) is 9.33. The lowest BCUT2D eigenvalue weighted by molar-refractivity contribution is -0.116. The predicted molar refractivity (Wildman–Crippen MR) is 81.1 cm³/mol. The van der Waals surface area contributed by atoms with Gasteiger partial charge in [0.05, 0.1) is 25.2 Å². The largest absolute Gasteiger partial charge is 0.399 e. The summed E-state index contributed by atoms with van der Waals surface area (Å²) < 4.78 is 0. The highest BCUT2D eigenvalue weighted by Crippen LogP contribution is 2.17. The number of hydrogen-bond acceptors (Lipinski definition) is 5. The fraction of sp³-hybridized carbons (Fsp3) is 0.400. The van der Waals surface area contributed by atoms with Crippen molar-refractivity contribution in [2.75, 3.05) is 30.7 Å². The Hall–Kier alpha value is -2.57. The number of nitrogens with two attached hydrogens (primary N) is 1. The van der Waals surface area contributed by atoms with Crippen LogP contribution in [0.4, 0.5) is 11.4 Å². The van der Waals surface area contributed by atoms with Crippen molar-refractivity contribution in [1.29, 1.82) is 10.5 Å². The number of rotatable bonds is 7. The maximum atomic E-state index is 11.9. The molecule has 1 aromatic carbocycles. The standard InChI is InChI=1S/C15H19N5O/c1-12-11-13(18)4-5-14(12)19-15(21)3-2-8-20(9-6-16)10-7-17/h4-5,11H,2-3,8-10,18H2,1H3,(H,19,21). The highest BCUT2D eigenvalue weighted by molar-refractivity contribution is 5.91. The second kappa shape index (κ2) is 8.57. The van der Waals surface area contributed by atoms with Crippen LogP contribution in [0.1, 0.15) is 18.4 Å². The van der Waals surface area contributed by atoms with Gasteiger partial charge in [-0.2, -0.15) is 10.5 Å². The molecule has 1 aromatic rings. The number of nitrogens with one attached hydrogen (secondary N) is 1. The molecule has 0 unspecified atom stereocenters. The van der Waals surface area contributed by atoms with Crippen molar-refractivity contribution in [3.8, 4) is 12.1 Å². The third-order valence-corrected chi connectivity index (χ3v) is 2.99. The van der Waals surface area contributed by atoms with Crippen molar-refractivity contribution in [3.63, 3.8) is 0 Å². The van der Waals surface area contributed by atoms with Crippen LogP contribution in [0.15, 0.2) is 18.2 Å². The number of hydrogen-bond donors (Lipinski definition) is 2. The molecule has 0 saturated carbocycles. The van der Waals surface area contributed by atoms with Crippen molar-refractivity contribution in [3.05, 3.63) is 23.8 Å². The third kappa shape index (κ3) is 5.94. The first kappa shape index (κ1) is 16.5. The lowest BCUT2D eigenvalue weighted by Crippen LogP contribution is -2.26. The van der Waals surface area contributed by atoms with Crippen LogP contribution in [-0.4, -0.2) is 30.4 Å². The number of anilines is 2. The van der Waals surface area contributed by atoms with E-state index in [0.717, 1.165) is 11.3 Å². The minimum Gasteiger partial charge on any atom is -0.399 e. The van der Waals surface area contributed by atoms with Crippen molar-refractivity contribution in [2.24, 2.45) is 0 Å². The SMILES string of the molecule is Cc1cc(N)ccc1NC(=O)CCCN(CC#N)CC#N. The van der Waals surface area contributed by atoms with Crippen LogP contribution in [0.25, 0.3) is 0 Å². The number of nitrogens with zero attached hydrogens (tertiary/aromatic N) is 3. The van der Waals surface area contributed by atoms with Crippen LogP contribution >= 0.6 is 0 Å². The second-order valence-electron chi connectivity index (χ2n) is 4.75. The minimum atomic E-state index is -0.0864. The van der Waals surface area contributed by atoms with Gasteiger partial charge in [-0.1, -0.05) is 0 Å². The average molecular weight is 285 g/mol. The van der Waals surface area contributed by atoms with Gasteiger partial charge in [0, 0.05) is 24.3 Å². The Balaban J connectivity index is 2.40. The van der Waals surface area contributed by atoms with Gasteiger partial charge in [0.15, 0.2) is 0 Å². The van der Waals surface area contributed by atoms with Gasteiger partial charge < -0.3 is 11.1 Å². The fourth-order valence-electron chi connectivity index (χ4n) is 1.92. The van der Waals surface area contributed by atoms with E-state index in [1.54, 1.807) is 23.1 Å². The zero-order chi connectivity index (χ0) is 15.7. The summed E-state index contributed by atoms with van der Waals surface area (Å²) in [4.78, 5) is 13.6. The molecule has 0 radical (unpaired) electrons. The van der Waals surface area contributed by atoms with Crippen LogP contribution in [-0.2, 0) is 4.79 Å². The first-order valence-corrected chi connectivity index (χ1v) is 6.69. The monoisotopic (exact) mass is 285 g/mol. The van der Waals surface area contributed by atoms with E-state index in [2.05, 4.69) is 5.32 Å². The molecule has 0 saturated heterocycles. The van der Waals surface area contributed by atoms with E-state index in [4.69, 9.17) is 16.3 Å². The number of aryl methyl sites for hydroxylation is 1. The topological polar surface area (TPSA) is 106 Å². The molecule has 0 heterocycles. The Morgan fingerprint density at radius 3 is 2.57 bits per heavy atom. The van der Waals surface area contributed by atoms with Gasteiger partial charge in [-0.05, 0) is 37.1 Å². The molecule has 0 aliphatic rings. The molecule has 21 heavy (non-hydrogen) atoms. The van der Waals surface area contributed by atoms with E-state index >= 15 is 0 Å². The maximum Gasteiger partial charge on any atom is 0.224 e. The Kier molecular flexibility index (Phi) is 6.73. The van der Waals surface area contributed by atoms with Crippen molar-refractivity contribution >= 4 is 17.3 Å². The van der Waals surface area contributed by atoms with Crippen LogP contribution in [0.2, 0.25) is 0 Å². The zero-order valence-corrected chi connectivity index (χ0v) is 12.1. The van der Waals surface area contributed by atoms with Crippen LogP contribution < -0.4 is 11.1 Å². The molecule has 1 amide bonds. The lowest BCUT2D eigenvalue weighted by atomic mass is 10.1. The molecule has 0 bridgehead atoms. The van der Waals surface area contributed by atoms with Crippen molar-refractivity contribution in [1.82, 2.24) is 4.90 Å². The normalized spacial score (nSPS) is 9.90. The Labute approximate surface area is 124 Å². The summed E-state index contributed by atoms with van der Waals surface area (Å²) in [7, 11) is 0. The van der Waals surface area contributed by atoms with E-state index in [1.165, 1.54) is 0 Å². The Morgan fingerprint density at radius 2 is 2.00 bits per heavy atom. The van der Waals surface area contributed by atoms with Crippen molar-refractivity contribution in [2.45, 2.75) is 19.8 Å². The summed E-state index contributed by atoms with van der Waals surface area (Å²) in [5.41, 5.74) is 7.98. The van der Waals surface area contributed by atoms with E-state index in [1.807, 2.05) is 19.1 Å². The highest BCUT2D eigenvalue weighted by atomic mass is 16.1. The molecular weight excluding hydrogens is 266 g/mol. The van der Waals surface area contributed by atoms with Gasteiger partial charge in [0.1, 0.15) is 0 Å². The van der Waals surface area contributed by atoms with E-state index in [0.29, 0.717) is 25.1 Å². The second-order valence-corrected chi connectivity index (χ2v) is 4.75. The summed E-state index contributed by atoms with van der Waals surface area (Å²) >= 11 is 0. The number of nitriles is 2. The van der Waals surface area contributed by atoms with Gasteiger partial charge in [-0.15, -0.1) is 0 Å². The van der Waals surface area contributed by atoms with Gasteiger partial charge >= 0.3 is 0 Å². The zero-order valence-electron chi connectivity index (χ0n) is 12.1. The number of benzene rings is 1. The molecule has 0 aliphatic carbocycles. The van der Waals surface area contributed by atoms with Gasteiger partial charge in [-0.25, -0.2) is 0 Å². The van der Waals surface area contributed by atoms with Gasteiger partial charge in [0.2, 0.25) is 5.91 Å². The molecule has 110 valence electrons. The third-order valence-electron chi connectivity index (χ3n) is 2.99. The molecule has 3 N–H and O–H groups in total. The summed E-state index contributed by atoms with van der Waals surface area (Å²) in [6.45, 7) is 2.83. The Bertz CT molecular complexity index is 554. The number of carbonyl (C=O) groups is 1. The first-order chi connectivity index (χ1) is 10.1. The molecule has 0 fully saturated rings. The molecule has 0 aromatic heterocycles. The first-order valence-electron chi connectivity index (χ1n) is 6.69. The van der Waals surface area contributed by atoms with Gasteiger partial charge in [-0.3, -0.25) is 9.69 Å². The van der Waals surface area contributed by atoms with Crippen LogP contribution in [0.5, 0.6) is 0 Å². The molecule has 0 spiro atoms. The smallest absolute Gasteiger partial charge is 0.224 e. The summed E-state index contributed by atoms with van der Waals surface area (Å²) in [5, 5.41) is 20.1. The van der Waals surface area contributed by atoms with Crippen LogP contribution in [0, 0.1) is 29.6 Å². The molecule has 6 heteroatoms. The lowest BCUT2D eigenvalue weighted by Gasteiger charge is -2.14. The number of amides is 1. The maximum absolute atomic E-state index is 11.9. The van der Waals surface area contributed by atoms with Gasteiger partial charge in [0.25, 0.3) is 0 Å². The molecule has 1 rings (SSSR count). The van der Waals surface area contributed by atoms with E-state index in [-0.39, 0.29) is 19.0 Å². The number of carbonyl (C=O) groups excluding carboxylic acids is 1. The van der Waals surface area contributed by atoms with E-state index in [9.17, 15) is 4.79 Å². The van der Waals surface area contributed by atoms with E-state index < -0.39 is 0 Å². The van der Waals surface area contributed by atoms with Crippen molar-refractivity contribution < 1.29 is 4.79 Å². The summed E-state index contributed by atoms with van der Waals surface area (Å²) in [6.07, 6.45) is 0.945. The highest BCUT2D eigenvalue weighted by Gasteiger charge is 2.07. The Morgan fingerprint density at radius 1 is 1.33 bits per heavy atom. The molecule has 6 nitrogen and oxygen atoms in total. The van der Waals surface area contributed by atoms with Crippen LogP contribution in [0.3, 0.4) is 0 Å². The molecule has 0 atom stereocenters. The summed E-state index contributed by atoms with van der Waals surface area (Å²) in [5.74, 6) is -0.0864. The predicted octanol–water partition coefficient (Wildman–Crippen LogP) is 1.65. The average Bonchev–Trinajstić information content (AvgIpc) is 2.42. The minimum absolute atomic E-state index is 0.0864. The quantitative estimate of drug-likeness (QED) is 0.585. The number of nitrogen functional groups attached to an aromatic ring is 1. The fourth-order valence-corrected chi connectivity index (χ4v) is 1.92. The molecule has 0 aliphatic heterocycles.